The summed E-state index contributed by atoms with van der Waals surface area (Å²) in [6.07, 6.45) is 3.37. The van der Waals surface area contributed by atoms with Crippen LogP contribution in [-0.2, 0) is 10.0 Å². The topological polar surface area (TPSA) is 102 Å². The van der Waals surface area contributed by atoms with E-state index in [1.165, 1.54) is 6.07 Å². The van der Waals surface area contributed by atoms with E-state index < -0.39 is 10.0 Å². The molecule has 0 unspecified atom stereocenters. The lowest BCUT2D eigenvalue weighted by Crippen LogP contribution is -2.11. The van der Waals surface area contributed by atoms with Crippen LogP contribution in [0.1, 0.15) is 0 Å². The fourth-order valence-electron chi connectivity index (χ4n) is 3.01. The zero-order valence-electron chi connectivity index (χ0n) is 15.7. The first-order chi connectivity index (χ1) is 15.0. The Labute approximate surface area is 186 Å². The van der Waals surface area contributed by atoms with Crippen LogP contribution in [0.3, 0.4) is 0 Å². The van der Waals surface area contributed by atoms with Crippen LogP contribution in [0.4, 0.5) is 5.69 Å². The fraction of sp³-hybridized carbons (Fsp3) is 0. The van der Waals surface area contributed by atoms with Gasteiger partial charge in [0.2, 0.25) is 0 Å². The molecule has 5 aromatic rings. The van der Waals surface area contributed by atoms with Crippen LogP contribution < -0.4 is 4.72 Å². The first-order valence-electron chi connectivity index (χ1n) is 9.01. The van der Waals surface area contributed by atoms with E-state index in [1.807, 2.05) is 24.3 Å². The van der Waals surface area contributed by atoms with Gasteiger partial charge in [-0.1, -0.05) is 23.7 Å². The summed E-state index contributed by atoms with van der Waals surface area (Å²) in [5, 5.41) is 13.0. The maximum Gasteiger partial charge on any atom is 0.271 e. The van der Waals surface area contributed by atoms with Gasteiger partial charge in [-0.25, -0.2) is 8.42 Å². The van der Waals surface area contributed by atoms with Gasteiger partial charge in [-0.05, 0) is 48.5 Å². The lowest BCUT2D eigenvalue weighted by molar-refractivity contribution is 0.603. The molecule has 0 saturated heterocycles. The van der Waals surface area contributed by atoms with Crippen molar-refractivity contribution in [2.75, 3.05) is 4.72 Å². The third-order valence-corrected chi connectivity index (χ3v) is 7.51. The number of benzene rings is 1. The van der Waals surface area contributed by atoms with Gasteiger partial charge in [-0.3, -0.25) is 9.71 Å². The summed E-state index contributed by atoms with van der Waals surface area (Å²) in [7, 11) is -3.73. The lowest BCUT2D eigenvalue weighted by Gasteiger charge is -2.08. The molecule has 0 bridgehead atoms. The SMILES string of the molecule is O=S(=O)(Nc1cccc(-c2ccc3nnc(-c4cccnc4)n3n2)c1)c1ccc(Cl)s1. The quantitative estimate of drug-likeness (QED) is 0.411. The number of fused-ring (bicyclic) bond motifs is 1. The molecule has 0 aliphatic heterocycles. The summed E-state index contributed by atoms with van der Waals surface area (Å²) in [5.74, 6) is 0.566. The number of sulfonamides is 1. The first kappa shape index (κ1) is 19.6. The van der Waals surface area contributed by atoms with Crippen LogP contribution >= 0.6 is 22.9 Å². The maximum absolute atomic E-state index is 12.6. The predicted octanol–water partition coefficient (Wildman–Crippen LogP) is 4.37. The molecule has 0 radical (unpaired) electrons. The van der Waals surface area contributed by atoms with Gasteiger partial charge in [-0.2, -0.15) is 9.61 Å². The van der Waals surface area contributed by atoms with Gasteiger partial charge in [0.15, 0.2) is 11.5 Å². The van der Waals surface area contributed by atoms with E-state index >= 15 is 0 Å². The molecule has 1 N–H and O–H groups in total. The molecule has 154 valence electrons. The zero-order valence-corrected chi connectivity index (χ0v) is 18.1. The van der Waals surface area contributed by atoms with Crippen LogP contribution in [0.5, 0.6) is 0 Å². The number of thiophene rings is 1. The smallest absolute Gasteiger partial charge is 0.271 e. The number of hydrogen-bond donors (Lipinski definition) is 1. The Morgan fingerprint density at radius 1 is 0.968 bits per heavy atom. The molecule has 4 aromatic heterocycles. The second-order valence-corrected chi connectivity index (χ2v) is 10.1. The molecule has 31 heavy (non-hydrogen) atoms. The van der Waals surface area contributed by atoms with Crippen molar-refractivity contribution in [3.05, 3.63) is 77.4 Å². The van der Waals surface area contributed by atoms with Crippen molar-refractivity contribution in [1.82, 2.24) is 24.8 Å². The van der Waals surface area contributed by atoms with Gasteiger partial charge in [-0.15, -0.1) is 21.5 Å². The highest BCUT2D eigenvalue weighted by molar-refractivity contribution is 7.94. The largest absolute Gasteiger partial charge is 0.279 e. The second-order valence-electron chi connectivity index (χ2n) is 6.50. The number of aromatic nitrogens is 5. The van der Waals surface area contributed by atoms with Gasteiger partial charge in [0, 0.05) is 29.2 Å². The Morgan fingerprint density at radius 3 is 2.61 bits per heavy atom. The van der Waals surface area contributed by atoms with Gasteiger partial charge in [0.1, 0.15) is 4.21 Å². The highest BCUT2D eigenvalue weighted by atomic mass is 35.5. The van der Waals surface area contributed by atoms with Crippen molar-refractivity contribution in [3.63, 3.8) is 0 Å². The number of anilines is 1. The minimum atomic E-state index is -3.73. The Bertz CT molecular complexity index is 1500. The van der Waals surface area contributed by atoms with E-state index in [4.69, 9.17) is 11.6 Å². The molecule has 0 aliphatic rings. The third-order valence-electron chi connectivity index (χ3n) is 4.41. The molecule has 11 heteroatoms. The molecule has 1 aromatic carbocycles. The van der Waals surface area contributed by atoms with Crippen LogP contribution in [0, 0.1) is 0 Å². The number of halogens is 1. The molecule has 0 saturated carbocycles. The molecule has 8 nitrogen and oxygen atoms in total. The standard InChI is InChI=1S/C20H13ClN6O2S2/c21-17-7-9-19(30-17)31(28,29)26-15-5-1-3-13(11-15)16-6-8-18-23-24-20(27(18)25-16)14-4-2-10-22-12-14/h1-12,26H. The minimum absolute atomic E-state index is 0.146. The van der Waals surface area contributed by atoms with Crippen molar-refractivity contribution in [2.45, 2.75) is 4.21 Å². The van der Waals surface area contributed by atoms with E-state index in [0.29, 0.717) is 27.2 Å². The number of pyridine rings is 1. The third kappa shape index (κ3) is 3.88. The summed E-state index contributed by atoms with van der Waals surface area (Å²) in [5.41, 5.74) is 3.17. The summed E-state index contributed by atoms with van der Waals surface area (Å²) < 4.78 is 30.0. The summed E-state index contributed by atoms with van der Waals surface area (Å²) >= 11 is 6.87. The summed E-state index contributed by atoms with van der Waals surface area (Å²) in [6.45, 7) is 0. The lowest BCUT2D eigenvalue weighted by atomic mass is 10.1. The predicted molar refractivity (Wildman–Crippen MR) is 120 cm³/mol. The number of nitrogens with zero attached hydrogens (tertiary/aromatic N) is 5. The Kier molecular flexibility index (Phi) is 4.89. The normalized spacial score (nSPS) is 11.6. The molecule has 0 fully saturated rings. The first-order valence-corrected chi connectivity index (χ1v) is 11.7. The monoisotopic (exact) mass is 468 g/mol. The van der Waals surface area contributed by atoms with E-state index in [2.05, 4.69) is 25.0 Å². The molecule has 5 rings (SSSR count). The van der Waals surface area contributed by atoms with Crippen LogP contribution in [0.2, 0.25) is 4.34 Å². The number of rotatable bonds is 5. The maximum atomic E-state index is 12.6. The number of hydrogen-bond acceptors (Lipinski definition) is 7. The molecule has 0 aliphatic carbocycles. The van der Waals surface area contributed by atoms with Gasteiger partial charge < -0.3 is 0 Å². The highest BCUT2D eigenvalue weighted by Gasteiger charge is 2.17. The zero-order chi connectivity index (χ0) is 21.4. The Hall–Kier alpha value is -3.34. The molecule has 0 amide bonds. The minimum Gasteiger partial charge on any atom is -0.279 e. The average molecular weight is 469 g/mol. The van der Waals surface area contributed by atoms with E-state index in [-0.39, 0.29) is 4.21 Å². The van der Waals surface area contributed by atoms with Gasteiger partial charge in [0.25, 0.3) is 10.0 Å². The molecule has 4 heterocycles. The van der Waals surface area contributed by atoms with E-state index in [0.717, 1.165) is 22.5 Å². The van der Waals surface area contributed by atoms with Crippen molar-refractivity contribution < 1.29 is 8.42 Å². The van der Waals surface area contributed by atoms with Gasteiger partial charge >= 0.3 is 0 Å². The second kappa shape index (κ2) is 7.73. The van der Waals surface area contributed by atoms with E-state index in [1.54, 1.807) is 47.2 Å². The summed E-state index contributed by atoms with van der Waals surface area (Å²) in [6, 6.07) is 17.3. The van der Waals surface area contributed by atoms with Crippen molar-refractivity contribution in [3.8, 4) is 22.6 Å². The average Bonchev–Trinajstić information content (AvgIpc) is 3.40. The van der Waals surface area contributed by atoms with Crippen LogP contribution in [-0.4, -0.2) is 33.2 Å². The highest BCUT2D eigenvalue weighted by Crippen LogP contribution is 2.28. The van der Waals surface area contributed by atoms with Crippen molar-refractivity contribution >= 4 is 44.3 Å². The van der Waals surface area contributed by atoms with Crippen molar-refractivity contribution in [2.24, 2.45) is 0 Å². The molecule has 0 atom stereocenters. The molecule has 0 spiro atoms. The van der Waals surface area contributed by atoms with Crippen LogP contribution in [0.15, 0.2) is 77.3 Å². The Balaban J connectivity index is 1.51. The summed E-state index contributed by atoms with van der Waals surface area (Å²) in [4.78, 5) is 4.12. The fourth-order valence-corrected chi connectivity index (χ4v) is 5.54. The van der Waals surface area contributed by atoms with Crippen LogP contribution in [0.25, 0.3) is 28.3 Å². The van der Waals surface area contributed by atoms with E-state index in [9.17, 15) is 8.42 Å². The van der Waals surface area contributed by atoms with Crippen molar-refractivity contribution in [1.29, 1.82) is 0 Å². The molecular formula is C20H13ClN6O2S2. The Morgan fingerprint density at radius 2 is 1.84 bits per heavy atom. The number of nitrogens with one attached hydrogen (secondary N) is 1. The van der Waals surface area contributed by atoms with Gasteiger partial charge in [0.05, 0.1) is 10.0 Å². The molecular weight excluding hydrogens is 456 g/mol.